The van der Waals surface area contributed by atoms with Crippen molar-refractivity contribution in [3.63, 3.8) is 0 Å². The molecular formula is C12H16N2O4. The van der Waals surface area contributed by atoms with Crippen LogP contribution in [0.3, 0.4) is 0 Å². The third kappa shape index (κ3) is 2.05. The van der Waals surface area contributed by atoms with Crippen molar-refractivity contribution in [2.24, 2.45) is 0 Å². The summed E-state index contributed by atoms with van der Waals surface area (Å²) in [5.74, 6) is -2.21. The van der Waals surface area contributed by atoms with Crippen LogP contribution < -0.4 is 0 Å². The van der Waals surface area contributed by atoms with Gasteiger partial charge in [0.1, 0.15) is 11.7 Å². The fourth-order valence-electron chi connectivity index (χ4n) is 1.96. The molecular weight excluding hydrogens is 236 g/mol. The number of nitrogens with zero attached hydrogens (tertiary/aromatic N) is 2. The molecule has 1 rings (SSSR count). The van der Waals surface area contributed by atoms with E-state index < -0.39 is 29.7 Å². The molecule has 1 aliphatic heterocycles. The second-order valence-electron chi connectivity index (χ2n) is 4.41. The fourth-order valence-corrected chi connectivity index (χ4v) is 1.96. The standard InChI is InChI=1S/C12H16N2O4/c1-6(2)10-12(18)13(8(4)15)7(3)11(17)14(10)9(5)16/h7H,1-5H3. The number of rotatable bonds is 0. The molecule has 0 radical (unpaired) electrons. The molecule has 1 heterocycles. The van der Waals surface area contributed by atoms with Gasteiger partial charge >= 0.3 is 0 Å². The average molecular weight is 252 g/mol. The van der Waals surface area contributed by atoms with Gasteiger partial charge in [0.15, 0.2) is 0 Å². The highest BCUT2D eigenvalue weighted by molar-refractivity contribution is 6.16. The van der Waals surface area contributed by atoms with Crippen LogP contribution in [0.4, 0.5) is 0 Å². The van der Waals surface area contributed by atoms with Crippen LogP contribution in [-0.4, -0.2) is 39.5 Å². The molecule has 0 bridgehead atoms. The summed E-state index contributed by atoms with van der Waals surface area (Å²) in [6.07, 6.45) is 0. The van der Waals surface area contributed by atoms with Gasteiger partial charge in [-0.3, -0.25) is 24.1 Å². The molecule has 0 aliphatic carbocycles. The third-order valence-corrected chi connectivity index (χ3v) is 2.74. The number of amides is 4. The lowest BCUT2D eigenvalue weighted by molar-refractivity contribution is -0.161. The summed E-state index contributed by atoms with van der Waals surface area (Å²) < 4.78 is 0. The Morgan fingerprint density at radius 2 is 1.50 bits per heavy atom. The van der Waals surface area contributed by atoms with Crippen molar-refractivity contribution in [3.05, 3.63) is 11.3 Å². The minimum atomic E-state index is -0.956. The molecule has 6 nitrogen and oxygen atoms in total. The Bertz CT molecular complexity index is 474. The van der Waals surface area contributed by atoms with Crippen molar-refractivity contribution in [2.45, 2.75) is 40.7 Å². The highest BCUT2D eigenvalue weighted by atomic mass is 16.2. The van der Waals surface area contributed by atoms with E-state index in [9.17, 15) is 19.2 Å². The summed E-state index contributed by atoms with van der Waals surface area (Å²) in [7, 11) is 0. The van der Waals surface area contributed by atoms with Gasteiger partial charge < -0.3 is 0 Å². The van der Waals surface area contributed by atoms with Crippen LogP contribution >= 0.6 is 0 Å². The van der Waals surface area contributed by atoms with E-state index in [4.69, 9.17) is 0 Å². The van der Waals surface area contributed by atoms with Gasteiger partial charge in [0, 0.05) is 13.8 Å². The molecule has 6 heteroatoms. The monoisotopic (exact) mass is 252 g/mol. The van der Waals surface area contributed by atoms with E-state index in [1.807, 2.05) is 0 Å². The second-order valence-corrected chi connectivity index (χ2v) is 4.41. The van der Waals surface area contributed by atoms with Gasteiger partial charge in [-0.05, 0) is 26.3 Å². The maximum Gasteiger partial charge on any atom is 0.278 e. The van der Waals surface area contributed by atoms with E-state index in [-0.39, 0.29) is 5.70 Å². The first kappa shape index (κ1) is 14.1. The summed E-state index contributed by atoms with van der Waals surface area (Å²) in [6, 6.07) is -0.956. The maximum atomic E-state index is 12.2. The summed E-state index contributed by atoms with van der Waals surface area (Å²) in [4.78, 5) is 48.9. The van der Waals surface area contributed by atoms with Crippen molar-refractivity contribution < 1.29 is 19.2 Å². The zero-order valence-corrected chi connectivity index (χ0v) is 11.1. The van der Waals surface area contributed by atoms with Crippen LogP contribution in [0, 0.1) is 0 Å². The Morgan fingerprint density at radius 3 is 1.83 bits per heavy atom. The van der Waals surface area contributed by atoms with Gasteiger partial charge in [-0.15, -0.1) is 0 Å². The Hall–Kier alpha value is -1.98. The number of carbonyl (C=O) groups excluding carboxylic acids is 4. The van der Waals surface area contributed by atoms with Crippen LogP contribution in [0.5, 0.6) is 0 Å². The van der Waals surface area contributed by atoms with Crippen molar-refractivity contribution in [2.75, 3.05) is 0 Å². The first-order valence-corrected chi connectivity index (χ1v) is 5.56. The Labute approximate surface area is 105 Å². The smallest absolute Gasteiger partial charge is 0.275 e. The number of piperazine rings is 1. The quantitative estimate of drug-likeness (QED) is 0.586. The van der Waals surface area contributed by atoms with E-state index in [0.717, 1.165) is 9.80 Å². The molecule has 1 atom stereocenters. The Kier molecular flexibility index (Phi) is 3.69. The number of hydrogen-bond donors (Lipinski definition) is 0. The molecule has 1 fully saturated rings. The highest BCUT2D eigenvalue weighted by Crippen LogP contribution is 2.24. The highest BCUT2D eigenvalue weighted by Gasteiger charge is 2.44. The molecule has 1 aliphatic rings. The topological polar surface area (TPSA) is 74.8 Å². The molecule has 1 saturated heterocycles. The minimum absolute atomic E-state index is 0.0270. The zero-order chi connectivity index (χ0) is 14.2. The molecule has 18 heavy (non-hydrogen) atoms. The van der Waals surface area contributed by atoms with Gasteiger partial charge in [0.2, 0.25) is 11.8 Å². The lowest BCUT2D eigenvalue weighted by Gasteiger charge is -2.37. The van der Waals surface area contributed by atoms with Crippen LogP contribution in [-0.2, 0) is 19.2 Å². The van der Waals surface area contributed by atoms with Crippen molar-refractivity contribution >= 4 is 23.6 Å². The fraction of sp³-hybridized carbons (Fsp3) is 0.500. The Balaban J connectivity index is 3.43. The first-order chi connectivity index (χ1) is 8.20. The van der Waals surface area contributed by atoms with E-state index >= 15 is 0 Å². The number of allylic oxidation sites excluding steroid dienone is 1. The second kappa shape index (κ2) is 4.72. The van der Waals surface area contributed by atoms with Crippen LogP contribution in [0.25, 0.3) is 0 Å². The maximum absolute atomic E-state index is 12.2. The number of imide groups is 2. The summed E-state index contributed by atoms with van der Waals surface area (Å²) >= 11 is 0. The van der Waals surface area contributed by atoms with Crippen LogP contribution in [0.15, 0.2) is 11.3 Å². The van der Waals surface area contributed by atoms with Gasteiger partial charge in [-0.2, -0.15) is 0 Å². The average Bonchev–Trinajstić information content (AvgIpc) is 2.21. The number of carbonyl (C=O) groups is 4. The van der Waals surface area contributed by atoms with E-state index in [1.165, 1.54) is 20.8 Å². The molecule has 4 amide bonds. The summed E-state index contributed by atoms with van der Waals surface area (Å²) in [5, 5.41) is 0. The molecule has 0 aromatic rings. The third-order valence-electron chi connectivity index (χ3n) is 2.74. The van der Waals surface area contributed by atoms with Gasteiger partial charge in [0.25, 0.3) is 11.8 Å². The molecule has 0 saturated carbocycles. The molecule has 0 spiro atoms. The summed E-state index contributed by atoms with van der Waals surface area (Å²) in [5.41, 5.74) is 0.488. The lowest BCUT2D eigenvalue weighted by Crippen LogP contribution is -2.60. The Morgan fingerprint density at radius 1 is 1.00 bits per heavy atom. The summed E-state index contributed by atoms with van der Waals surface area (Å²) in [6.45, 7) is 7.09. The lowest BCUT2D eigenvalue weighted by atomic mass is 10.1. The van der Waals surface area contributed by atoms with Gasteiger partial charge in [-0.25, -0.2) is 4.90 Å². The normalized spacial score (nSPS) is 20.3. The van der Waals surface area contributed by atoms with Crippen LogP contribution in [0.2, 0.25) is 0 Å². The molecule has 98 valence electrons. The van der Waals surface area contributed by atoms with Crippen molar-refractivity contribution in [1.82, 2.24) is 9.80 Å². The predicted octanol–water partition coefficient (Wildman–Crippen LogP) is 0.433. The largest absolute Gasteiger partial charge is 0.278 e. The molecule has 0 aromatic heterocycles. The SMILES string of the molecule is CC(=O)N1C(=O)C(C)N(C(C)=O)C(=O)C1=C(C)C. The predicted molar refractivity (Wildman–Crippen MR) is 62.9 cm³/mol. The van der Waals surface area contributed by atoms with E-state index in [2.05, 4.69) is 0 Å². The molecule has 1 unspecified atom stereocenters. The van der Waals surface area contributed by atoms with Crippen LogP contribution in [0.1, 0.15) is 34.6 Å². The van der Waals surface area contributed by atoms with E-state index in [0.29, 0.717) is 5.57 Å². The van der Waals surface area contributed by atoms with Crippen molar-refractivity contribution in [3.8, 4) is 0 Å². The van der Waals surface area contributed by atoms with E-state index in [1.54, 1.807) is 13.8 Å². The van der Waals surface area contributed by atoms with Gasteiger partial charge in [-0.1, -0.05) is 0 Å². The molecule has 0 N–H and O–H groups in total. The zero-order valence-electron chi connectivity index (χ0n) is 11.1. The number of hydrogen-bond acceptors (Lipinski definition) is 4. The molecule has 0 aromatic carbocycles. The first-order valence-electron chi connectivity index (χ1n) is 5.56. The van der Waals surface area contributed by atoms with Crippen molar-refractivity contribution in [1.29, 1.82) is 0 Å². The minimum Gasteiger partial charge on any atom is -0.275 e. The van der Waals surface area contributed by atoms with Gasteiger partial charge in [0.05, 0.1) is 0 Å².